The number of carbonyl (C=O) groups excluding carboxylic acids is 1. The molecule has 1 aliphatic rings. The highest BCUT2D eigenvalue weighted by Gasteiger charge is 2.21. The second-order valence-electron chi connectivity index (χ2n) is 7.02. The van der Waals surface area contributed by atoms with E-state index in [-0.39, 0.29) is 5.91 Å². The lowest BCUT2D eigenvalue weighted by Gasteiger charge is -2.34. The van der Waals surface area contributed by atoms with E-state index >= 15 is 0 Å². The Morgan fingerprint density at radius 3 is 2.65 bits per heavy atom. The highest BCUT2D eigenvalue weighted by atomic mass is 16.2. The zero-order valence-electron chi connectivity index (χ0n) is 15.1. The number of nitrogens with one attached hydrogen (secondary N) is 1. The lowest BCUT2D eigenvalue weighted by atomic mass is 10.1. The third-order valence-electron chi connectivity index (χ3n) is 4.97. The fourth-order valence-corrected chi connectivity index (χ4v) is 3.56. The molecule has 1 amide bonds. The molecule has 1 aromatic heterocycles. The van der Waals surface area contributed by atoms with Crippen molar-refractivity contribution in [1.82, 2.24) is 19.8 Å². The first kappa shape index (κ1) is 16.8. The van der Waals surface area contributed by atoms with Crippen molar-refractivity contribution < 1.29 is 4.79 Å². The third kappa shape index (κ3) is 3.78. The predicted octanol–water partition coefficient (Wildman–Crippen LogP) is 2.76. The predicted molar refractivity (Wildman–Crippen MR) is 103 cm³/mol. The minimum Gasteiger partial charge on any atom is -0.341 e. The van der Waals surface area contributed by atoms with E-state index in [4.69, 9.17) is 0 Å². The average Bonchev–Trinajstić information content (AvgIpc) is 3.04. The molecule has 0 saturated carbocycles. The lowest BCUT2D eigenvalue weighted by Crippen LogP contribution is -2.48. The number of hydrogen-bond donors (Lipinski definition) is 1. The number of nitrogens with zero attached hydrogens (tertiary/aromatic N) is 3. The highest BCUT2D eigenvalue weighted by Crippen LogP contribution is 2.14. The molecule has 5 nitrogen and oxygen atoms in total. The van der Waals surface area contributed by atoms with Gasteiger partial charge in [0.2, 0.25) is 5.91 Å². The number of imidazole rings is 1. The second-order valence-corrected chi connectivity index (χ2v) is 7.02. The number of benzene rings is 2. The molecule has 2 aromatic carbocycles. The van der Waals surface area contributed by atoms with E-state index in [1.807, 2.05) is 41.3 Å². The molecule has 4 rings (SSSR count). The van der Waals surface area contributed by atoms with Crippen LogP contribution in [0.3, 0.4) is 0 Å². The van der Waals surface area contributed by atoms with Gasteiger partial charge in [-0.2, -0.15) is 0 Å². The van der Waals surface area contributed by atoms with Gasteiger partial charge in [0.25, 0.3) is 0 Å². The Morgan fingerprint density at radius 2 is 1.88 bits per heavy atom. The van der Waals surface area contributed by atoms with Crippen molar-refractivity contribution >= 4 is 16.9 Å². The molecule has 0 unspecified atom stereocenters. The van der Waals surface area contributed by atoms with Crippen LogP contribution in [0, 0.1) is 6.92 Å². The molecule has 2 heterocycles. The third-order valence-corrected chi connectivity index (χ3v) is 4.97. The topological polar surface area (TPSA) is 52.2 Å². The van der Waals surface area contributed by atoms with Gasteiger partial charge in [-0.05, 0) is 24.6 Å². The Kier molecular flexibility index (Phi) is 4.71. The minimum atomic E-state index is 0.221. The van der Waals surface area contributed by atoms with E-state index in [0.29, 0.717) is 6.42 Å². The summed E-state index contributed by atoms with van der Waals surface area (Å²) in [5.41, 5.74) is 4.38. The number of aryl methyl sites for hydroxylation is 1. The Labute approximate surface area is 153 Å². The average molecular weight is 348 g/mol. The van der Waals surface area contributed by atoms with E-state index in [1.165, 1.54) is 5.56 Å². The lowest BCUT2D eigenvalue weighted by molar-refractivity contribution is -0.132. The standard InChI is InChI=1S/C21H24N4O/c1-16-5-4-6-17(13-16)14-21(26)25-11-9-24(10-12-25)15-20-22-18-7-2-3-8-19(18)23-20/h2-8,13H,9-12,14-15H2,1H3,(H,22,23). The number of carbonyl (C=O) groups is 1. The van der Waals surface area contributed by atoms with Crippen molar-refractivity contribution in [2.45, 2.75) is 19.9 Å². The van der Waals surface area contributed by atoms with E-state index < -0.39 is 0 Å². The van der Waals surface area contributed by atoms with Gasteiger partial charge in [-0.3, -0.25) is 9.69 Å². The molecule has 3 aromatic rings. The van der Waals surface area contributed by atoms with Gasteiger partial charge in [0.05, 0.1) is 24.0 Å². The summed E-state index contributed by atoms with van der Waals surface area (Å²) in [4.78, 5) is 24.9. The van der Waals surface area contributed by atoms with Crippen LogP contribution in [-0.4, -0.2) is 51.9 Å². The normalized spacial score (nSPS) is 15.5. The maximum atomic E-state index is 12.6. The molecule has 1 N–H and O–H groups in total. The summed E-state index contributed by atoms with van der Waals surface area (Å²) in [5.74, 6) is 1.21. The number of H-pyrrole nitrogens is 1. The molecular formula is C21H24N4O. The Balaban J connectivity index is 1.31. The molecule has 0 aliphatic carbocycles. The van der Waals surface area contributed by atoms with E-state index in [2.05, 4.69) is 33.9 Å². The smallest absolute Gasteiger partial charge is 0.227 e. The van der Waals surface area contributed by atoms with Gasteiger partial charge in [0.15, 0.2) is 0 Å². The van der Waals surface area contributed by atoms with Crippen molar-refractivity contribution in [2.75, 3.05) is 26.2 Å². The fourth-order valence-electron chi connectivity index (χ4n) is 3.56. The SMILES string of the molecule is Cc1cccc(CC(=O)N2CCN(Cc3nc4ccccc4[nH]3)CC2)c1. The van der Waals surface area contributed by atoms with Crippen LogP contribution >= 0.6 is 0 Å². The number of amides is 1. The van der Waals surface area contributed by atoms with Gasteiger partial charge >= 0.3 is 0 Å². The quantitative estimate of drug-likeness (QED) is 0.789. The molecule has 1 aliphatic heterocycles. The van der Waals surface area contributed by atoms with Crippen molar-refractivity contribution in [3.05, 3.63) is 65.5 Å². The van der Waals surface area contributed by atoms with E-state index in [9.17, 15) is 4.79 Å². The first-order chi connectivity index (χ1) is 12.7. The summed E-state index contributed by atoms with van der Waals surface area (Å²) in [6.45, 7) is 6.20. The number of aromatic amines is 1. The number of rotatable bonds is 4. The zero-order valence-corrected chi connectivity index (χ0v) is 15.1. The van der Waals surface area contributed by atoms with Crippen LogP contribution in [0.5, 0.6) is 0 Å². The summed E-state index contributed by atoms with van der Waals surface area (Å²) in [5, 5.41) is 0. The van der Waals surface area contributed by atoms with Crippen LogP contribution in [0.4, 0.5) is 0 Å². The van der Waals surface area contributed by atoms with Crippen LogP contribution in [0.25, 0.3) is 11.0 Å². The fraction of sp³-hybridized carbons (Fsp3) is 0.333. The largest absolute Gasteiger partial charge is 0.341 e. The van der Waals surface area contributed by atoms with Crippen LogP contribution in [-0.2, 0) is 17.8 Å². The molecule has 0 atom stereocenters. The molecule has 1 saturated heterocycles. The van der Waals surface area contributed by atoms with Crippen molar-refractivity contribution in [3.8, 4) is 0 Å². The number of para-hydroxylation sites is 2. The summed E-state index contributed by atoms with van der Waals surface area (Å²) >= 11 is 0. The van der Waals surface area contributed by atoms with Crippen LogP contribution in [0.1, 0.15) is 17.0 Å². The van der Waals surface area contributed by atoms with Gasteiger partial charge in [-0.15, -0.1) is 0 Å². The summed E-state index contributed by atoms with van der Waals surface area (Å²) < 4.78 is 0. The Hall–Kier alpha value is -2.66. The van der Waals surface area contributed by atoms with Crippen molar-refractivity contribution in [3.63, 3.8) is 0 Å². The highest BCUT2D eigenvalue weighted by molar-refractivity contribution is 5.79. The summed E-state index contributed by atoms with van der Waals surface area (Å²) in [6.07, 6.45) is 0.491. The number of fused-ring (bicyclic) bond motifs is 1. The first-order valence-corrected chi connectivity index (χ1v) is 9.17. The summed E-state index contributed by atoms with van der Waals surface area (Å²) in [6, 6.07) is 16.3. The van der Waals surface area contributed by atoms with Gasteiger partial charge < -0.3 is 9.88 Å². The minimum absolute atomic E-state index is 0.221. The van der Waals surface area contributed by atoms with E-state index in [0.717, 1.165) is 55.1 Å². The molecule has 134 valence electrons. The molecule has 0 bridgehead atoms. The number of hydrogen-bond acceptors (Lipinski definition) is 3. The van der Waals surface area contributed by atoms with Gasteiger partial charge in [0, 0.05) is 26.2 Å². The van der Waals surface area contributed by atoms with Crippen LogP contribution < -0.4 is 0 Å². The molecular weight excluding hydrogens is 324 g/mol. The maximum absolute atomic E-state index is 12.6. The number of aromatic nitrogens is 2. The molecule has 5 heteroatoms. The van der Waals surface area contributed by atoms with Gasteiger partial charge in [-0.25, -0.2) is 4.98 Å². The first-order valence-electron chi connectivity index (χ1n) is 9.17. The zero-order chi connectivity index (χ0) is 17.9. The number of piperazine rings is 1. The second kappa shape index (κ2) is 7.30. The monoisotopic (exact) mass is 348 g/mol. The van der Waals surface area contributed by atoms with Gasteiger partial charge in [-0.1, -0.05) is 42.0 Å². The van der Waals surface area contributed by atoms with Gasteiger partial charge in [0.1, 0.15) is 5.82 Å². The molecule has 0 spiro atoms. The molecule has 0 radical (unpaired) electrons. The van der Waals surface area contributed by atoms with Crippen LogP contribution in [0.2, 0.25) is 0 Å². The summed E-state index contributed by atoms with van der Waals surface area (Å²) in [7, 11) is 0. The van der Waals surface area contributed by atoms with Crippen LogP contribution in [0.15, 0.2) is 48.5 Å². The molecule has 26 heavy (non-hydrogen) atoms. The Bertz CT molecular complexity index is 876. The van der Waals surface area contributed by atoms with E-state index in [1.54, 1.807) is 0 Å². The maximum Gasteiger partial charge on any atom is 0.227 e. The van der Waals surface area contributed by atoms with Crippen molar-refractivity contribution in [1.29, 1.82) is 0 Å². The van der Waals surface area contributed by atoms with Crippen molar-refractivity contribution in [2.24, 2.45) is 0 Å². The Morgan fingerprint density at radius 1 is 1.08 bits per heavy atom. The molecule has 1 fully saturated rings.